The number of nitrogens with zero attached hydrogens (tertiary/aromatic N) is 4. The number of nitrogens with one attached hydrogen (secondary N) is 2. The van der Waals surface area contributed by atoms with E-state index in [-0.39, 0.29) is 6.54 Å². The van der Waals surface area contributed by atoms with Crippen LogP contribution < -0.4 is 10.6 Å². The average molecular weight is 348 g/mol. The lowest BCUT2D eigenvalue weighted by atomic mass is 9.96. The first-order valence-electron chi connectivity index (χ1n) is 8.65. The van der Waals surface area contributed by atoms with Crippen LogP contribution in [0.4, 0.5) is 16.2 Å². The molecule has 26 heavy (non-hydrogen) atoms. The number of hydrogen-bond acceptors (Lipinski definition) is 6. The Bertz CT molecular complexity index is 1030. The summed E-state index contributed by atoms with van der Waals surface area (Å²) in [5, 5.41) is 7.26. The van der Waals surface area contributed by atoms with Gasteiger partial charge < -0.3 is 10.6 Å². The number of halogens is 1. The van der Waals surface area contributed by atoms with Crippen molar-refractivity contribution >= 4 is 28.2 Å². The normalized spacial score (nSPS) is 17.2. The largest absolute Gasteiger partial charge is 0.366 e. The van der Waals surface area contributed by atoms with Gasteiger partial charge in [0.1, 0.15) is 17.8 Å². The van der Waals surface area contributed by atoms with Gasteiger partial charge in [-0.25, -0.2) is 19.3 Å². The lowest BCUT2D eigenvalue weighted by Crippen LogP contribution is -2.19. The molecule has 0 amide bonds. The topological polar surface area (TPSA) is 75.6 Å². The molecule has 2 aromatic heterocycles. The van der Waals surface area contributed by atoms with Gasteiger partial charge in [0.25, 0.3) is 0 Å². The summed E-state index contributed by atoms with van der Waals surface area (Å²) in [6.45, 7) is 0.939. The molecular formula is C19H17FN6. The monoisotopic (exact) mass is 348 g/mol. The van der Waals surface area contributed by atoms with Crippen LogP contribution in [0.5, 0.6) is 0 Å². The third-order valence-corrected chi connectivity index (χ3v) is 4.83. The van der Waals surface area contributed by atoms with E-state index < -0.39 is 5.67 Å². The average Bonchev–Trinajstić information content (AvgIpc) is 3.43. The van der Waals surface area contributed by atoms with Crippen molar-refractivity contribution < 1.29 is 4.39 Å². The van der Waals surface area contributed by atoms with E-state index in [1.807, 2.05) is 18.3 Å². The minimum absolute atomic E-state index is 0.263. The van der Waals surface area contributed by atoms with Crippen LogP contribution in [0.25, 0.3) is 16.5 Å². The molecule has 0 unspecified atom stereocenters. The standard InChI is InChI=1S/C19H17FN6/c20-19(4-5-19)10-24-18-23-9-15-14(3-6-22-17(15)26-18)12-1-2-16-13(7-12)8-21-11-25-16/h1-3,7-9,11H,4-6,10H2,(H2,22,23,24,26). The minimum Gasteiger partial charge on any atom is -0.366 e. The van der Waals surface area contributed by atoms with Gasteiger partial charge in [-0.05, 0) is 36.1 Å². The third-order valence-electron chi connectivity index (χ3n) is 4.83. The zero-order valence-corrected chi connectivity index (χ0v) is 14.0. The highest BCUT2D eigenvalue weighted by Crippen LogP contribution is 2.39. The van der Waals surface area contributed by atoms with E-state index in [4.69, 9.17) is 0 Å². The lowest BCUT2D eigenvalue weighted by Gasteiger charge is -2.19. The van der Waals surface area contributed by atoms with Crippen molar-refractivity contribution in [2.24, 2.45) is 0 Å². The molecule has 0 spiro atoms. The molecule has 5 rings (SSSR count). The predicted molar refractivity (Wildman–Crippen MR) is 98.7 cm³/mol. The fourth-order valence-electron chi connectivity index (χ4n) is 3.13. The molecular weight excluding hydrogens is 331 g/mol. The van der Waals surface area contributed by atoms with Crippen molar-refractivity contribution in [1.82, 2.24) is 19.9 Å². The Hall–Kier alpha value is -3.09. The number of hydrogen-bond donors (Lipinski definition) is 2. The van der Waals surface area contributed by atoms with Gasteiger partial charge in [0, 0.05) is 29.9 Å². The van der Waals surface area contributed by atoms with E-state index in [0.717, 1.165) is 33.4 Å². The fraction of sp³-hybridized carbons (Fsp3) is 0.263. The molecule has 1 fully saturated rings. The van der Waals surface area contributed by atoms with Crippen LogP contribution in [0.15, 0.2) is 43.0 Å². The quantitative estimate of drug-likeness (QED) is 0.754. The summed E-state index contributed by atoms with van der Waals surface area (Å²) >= 11 is 0. The number of fused-ring (bicyclic) bond motifs is 2. The second-order valence-corrected chi connectivity index (χ2v) is 6.76. The van der Waals surface area contributed by atoms with E-state index in [1.165, 1.54) is 0 Å². The molecule has 3 aromatic rings. The van der Waals surface area contributed by atoms with Gasteiger partial charge in [0.2, 0.25) is 5.95 Å². The van der Waals surface area contributed by atoms with Gasteiger partial charge in [-0.15, -0.1) is 0 Å². The lowest BCUT2D eigenvalue weighted by molar-refractivity contribution is 0.326. The van der Waals surface area contributed by atoms with Crippen molar-refractivity contribution in [1.29, 1.82) is 0 Å². The Kier molecular flexibility index (Phi) is 3.34. The van der Waals surface area contributed by atoms with E-state index in [0.29, 0.717) is 25.3 Å². The first kappa shape index (κ1) is 15.2. The summed E-state index contributed by atoms with van der Waals surface area (Å²) < 4.78 is 13.8. The van der Waals surface area contributed by atoms with Crippen LogP contribution in [-0.2, 0) is 0 Å². The van der Waals surface area contributed by atoms with Crippen molar-refractivity contribution in [2.75, 3.05) is 23.7 Å². The Morgan fingerprint density at radius 3 is 3.00 bits per heavy atom. The molecule has 3 heterocycles. The summed E-state index contributed by atoms with van der Waals surface area (Å²) in [6, 6.07) is 6.10. The maximum Gasteiger partial charge on any atom is 0.224 e. The third kappa shape index (κ3) is 2.75. The highest BCUT2D eigenvalue weighted by atomic mass is 19.1. The molecule has 0 bridgehead atoms. The maximum absolute atomic E-state index is 13.8. The Labute approximate surface area is 149 Å². The predicted octanol–water partition coefficient (Wildman–Crippen LogP) is 3.19. The van der Waals surface area contributed by atoms with E-state index in [2.05, 4.69) is 42.7 Å². The molecule has 0 saturated heterocycles. The first-order chi connectivity index (χ1) is 12.7. The molecule has 0 radical (unpaired) electrons. The molecule has 1 aliphatic carbocycles. The van der Waals surface area contributed by atoms with E-state index in [9.17, 15) is 4.39 Å². The molecule has 6 nitrogen and oxygen atoms in total. The first-order valence-corrected chi connectivity index (χ1v) is 8.65. The van der Waals surface area contributed by atoms with Crippen LogP contribution >= 0.6 is 0 Å². The zero-order chi connectivity index (χ0) is 17.6. The second kappa shape index (κ2) is 5.72. The fourth-order valence-corrected chi connectivity index (χ4v) is 3.13. The van der Waals surface area contributed by atoms with Gasteiger partial charge in [0.05, 0.1) is 12.1 Å². The molecule has 0 atom stereocenters. The SMILES string of the molecule is FC1(CNc2ncc3c(n2)NCC=C3c2ccc3ncncc3c2)CC1. The van der Waals surface area contributed by atoms with Crippen molar-refractivity contribution in [2.45, 2.75) is 18.5 Å². The number of alkyl halides is 1. The second-order valence-electron chi connectivity index (χ2n) is 6.76. The molecule has 1 aromatic carbocycles. The Morgan fingerprint density at radius 1 is 1.19 bits per heavy atom. The smallest absolute Gasteiger partial charge is 0.224 e. The van der Waals surface area contributed by atoms with Crippen molar-refractivity contribution in [3.63, 3.8) is 0 Å². The Morgan fingerprint density at radius 2 is 2.12 bits per heavy atom. The van der Waals surface area contributed by atoms with Crippen LogP contribution in [0.3, 0.4) is 0 Å². The number of benzene rings is 1. The van der Waals surface area contributed by atoms with Gasteiger partial charge in [-0.3, -0.25) is 0 Å². The summed E-state index contributed by atoms with van der Waals surface area (Å²) in [5.41, 5.74) is 2.90. The van der Waals surface area contributed by atoms with Crippen LogP contribution in [0.2, 0.25) is 0 Å². The number of anilines is 2. The minimum atomic E-state index is -1.08. The van der Waals surface area contributed by atoms with Gasteiger partial charge in [-0.2, -0.15) is 4.98 Å². The molecule has 1 saturated carbocycles. The van der Waals surface area contributed by atoms with Crippen LogP contribution in [-0.4, -0.2) is 38.7 Å². The molecule has 2 aliphatic rings. The highest BCUT2D eigenvalue weighted by Gasteiger charge is 2.43. The van der Waals surface area contributed by atoms with Gasteiger partial charge in [-0.1, -0.05) is 12.1 Å². The Balaban J connectivity index is 1.46. The summed E-state index contributed by atoms with van der Waals surface area (Å²) in [6.07, 6.45) is 8.48. The van der Waals surface area contributed by atoms with Crippen LogP contribution in [0.1, 0.15) is 24.0 Å². The van der Waals surface area contributed by atoms with E-state index in [1.54, 1.807) is 12.5 Å². The van der Waals surface area contributed by atoms with E-state index >= 15 is 0 Å². The summed E-state index contributed by atoms with van der Waals surface area (Å²) in [5.74, 6) is 1.21. The highest BCUT2D eigenvalue weighted by molar-refractivity contribution is 5.91. The molecule has 1 aliphatic heterocycles. The zero-order valence-electron chi connectivity index (χ0n) is 14.0. The number of rotatable bonds is 4. The van der Waals surface area contributed by atoms with Crippen LogP contribution in [0, 0.1) is 0 Å². The maximum atomic E-state index is 13.8. The van der Waals surface area contributed by atoms with Gasteiger partial charge >= 0.3 is 0 Å². The van der Waals surface area contributed by atoms with Crippen molar-refractivity contribution in [3.8, 4) is 0 Å². The molecule has 2 N–H and O–H groups in total. The summed E-state index contributed by atoms with van der Waals surface area (Å²) in [4.78, 5) is 17.2. The molecule has 7 heteroatoms. The number of aromatic nitrogens is 4. The summed E-state index contributed by atoms with van der Waals surface area (Å²) in [7, 11) is 0. The molecule has 130 valence electrons. The van der Waals surface area contributed by atoms with Crippen molar-refractivity contribution in [3.05, 3.63) is 54.1 Å². The van der Waals surface area contributed by atoms with Gasteiger partial charge in [0.15, 0.2) is 0 Å².